The van der Waals surface area contributed by atoms with Gasteiger partial charge in [-0.1, -0.05) is 23.5 Å². The lowest BCUT2D eigenvalue weighted by Gasteiger charge is -2.24. The zero-order valence-electron chi connectivity index (χ0n) is 15.7. The third kappa shape index (κ3) is 3.07. The number of nitrogens with one attached hydrogen (secondary N) is 1. The molecule has 4 aromatic rings. The van der Waals surface area contributed by atoms with Crippen molar-refractivity contribution in [1.82, 2.24) is 14.8 Å². The topological polar surface area (TPSA) is 59.8 Å². The highest BCUT2D eigenvalue weighted by Gasteiger charge is 2.33. The van der Waals surface area contributed by atoms with Crippen molar-refractivity contribution >= 4 is 49.2 Å². The van der Waals surface area contributed by atoms with Gasteiger partial charge in [-0.05, 0) is 65.2 Å². The molecule has 0 spiro atoms. The predicted octanol–water partition coefficient (Wildman–Crippen LogP) is 5.47. The average Bonchev–Trinajstić information content (AvgIpc) is 3.24. The molecule has 0 aliphatic carbocycles. The van der Waals surface area contributed by atoms with Crippen LogP contribution >= 0.6 is 27.3 Å². The Morgan fingerprint density at radius 2 is 2.07 bits per heavy atom. The van der Waals surface area contributed by atoms with E-state index >= 15 is 0 Å². The molecule has 1 N–H and O–H groups in total. The highest BCUT2D eigenvalue weighted by atomic mass is 79.9. The third-order valence-electron chi connectivity index (χ3n) is 5.16. The van der Waals surface area contributed by atoms with Crippen LogP contribution in [0.2, 0.25) is 0 Å². The summed E-state index contributed by atoms with van der Waals surface area (Å²) in [4.78, 5) is 17.2. The van der Waals surface area contributed by atoms with E-state index in [2.05, 4.69) is 27.3 Å². The number of halogens is 2. The molecule has 0 radical (unpaired) electrons. The minimum Gasteiger partial charge on any atom is -0.310 e. The smallest absolute Gasteiger partial charge is 0.226 e. The molecule has 1 aliphatic heterocycles. The molecule has 5 nitrogen and oxygen atoms in total. The number of aryl methyl sites for hydroxylation is 2. The standard InChI is InChI=1S/C21H16BrFN4OS/c1-10-3-6-16-17(7-10)29-21(24-16)27-20-19(11(2)26-27)13(9-18(28)25-20)12-4-5-15(23)14(22)8-12/h3-8,13H,9H2,1-2H3,(H,25,28)/t13-/m0/s1. The summed E-state index contributed by atoms with van der Waals surface area (Å²) >= 11 is 4.78. The zero-order chi connectivity index (χ0) is 20.3. The van der Waals surface area contributed by atoms with Crippen LogP contribution in [0.1, 0.15) is 34.7 Å². The molecule has 0 fully saturated rings. The number of nitrogens with zero attached hydrogens (tertiary/aromatic N) is 3. The Hall–Kier alpha value is -2.58. The van der Waals surface area contributed by atoms with E-state index in [9.17, 15) is 9.18 Å². The molecule has 2 aromatic carbocycles. The van der Waals surface area contributed by atoms with Crippen LogP contribution in [-0.4, -0.2) is 20.7 Å². The Labute approximate surface area is 178 Å². The fraction of sp³-hybridized carbons (Fsp3) is 0.190. The lowest BCUT2D eigenvalue weighted by atomic mass is 9.86. The average molecular weight is 471 g/mol. The summed E-state index contributed by atoms with van der Waals surface area (Å²) in [5.41, 5.74) is 4.71. The molecule has 0 bridgehead atoms. The summed E-state index contributed by atoms with van der Waals surface area (Å²) < 4.78 is 16.9. The summed E-state index contributed by atoms with van der Waals surface area (Å²) in [5, 5.41) is 8.37. The van der Waals surface area contributed by atoms with Gasteiger partial charge in [0.25, 0.3) is 0 Å². The fourth-order valence-electron chi connectivity index (χ4n) is 3.81. The van der Waals surface area contributed by atoms with E-state index in [0.29, 0.717) is 15.4 Å². The first-order valence-corrected chi connectivity index (χ1v) is 10.7. The molecule has 3 heterocycles. The van der Waals surface area contributed by atoms with Crippen LogP contribution in [0, 0.1) is 19.7 Å². The number of hydrogen-bond donors (Lipinski definition) is 1. The van der Waals surface area contributed by atoms with Crippen molar-refractivity contribution in [2.45, 2.75) is 26.2 Å². The Balaban J connectivity index is 1.67. The molecule has 1 atom stereocenters. The number of aromatic nitrogens is 3. The highest BCUT2D eigenvalue weighted by Crippen LogP contribution is 2.41. The molecule has 0 unspecified atom stereocenters. The van der Waals surface area contributed by atoms with Gasteiger partial charge in [0.05, 0.1) is 20.4 Å². The number of carbonyl (C=O) groups excluding carboxylic acids is 1. The number of anilines is 1. The molecule has 8 heteroatoms. The quantitative estimate of drug-likeness (QED) is 0.422. The van der Waals surface area contributed by atoms with Gasteiger partial charge in [-0.3, -0.25) is 4.79 Å². The molecule has 1 amide bonds. The highest BCUT2D eigenvalue weighted by molar-refractivity contribution is 9.10. The Morgan fingerprint density at radius 1 is 1.24 bits per heavy atom. The van der Waals surface area contributed by atoms with Crippen LogP contribution in [0.15, 0.2) is 40.9 Å². The fourth-order valence-corrected chi connectivity index (χ4v) is 5.23. The molecule has 0 saturated carbocycles. The summed E-state index contributed by atoms with van der Waals surface area (Å²) in [6, 6.07) is 11.0. The second-order valence-electron chi connectivity index (χ2n) is 7.21. The van der Waals surface area contributed by atoms with Crippen molar-refractivity contribution in [3.63, 3.8) is 0 Å². The van der Waals surface area contributed by atoms with Crippen molar-refractivity contribution in [2.75, 3.05) is 5.32 Å². The van der Waals surface area contributed by atoms with Crippen LogP contribution in [0.4, 0.5) is 10.2 Å². The Bertz CT molecular complexity index is 1300. The summed E-state index contributed by atoms with van der Waals surface area (Å²) in [7, 11) is 0. The molecule has 146 valence electrons. The lowest BCUT2D eigenvalue weighted by Crippen LogP contribution is -2.25. The van der Waals surface area contributed by atoms with Crippen molar-refractivity contribution in [3.8, 4) is 5.13 Å². The maximum absolute atomic E-state index is 13.7. The summed E-state index contributed by atoms with van der Waals surface area (Å²) in [5.74, 6) is 0.0217. The molecule has 5 rings (SSSR count). The van der Waals surface area contributed by atoms with E-state index in [1.54, 1.807) is 16.8 Å². The first-order chi connectivity index (χ1) is 13.9. The van der Waals surface area contributed by atoms with Crippen LogP contribution in [0.25, 0.3) is 15.3 Å². The van der Waals surface area contributed by atoms with Crippen LogP contribution in [0.5, 0.6) is 0 Å². The summed E-state index contributed by atoms with van der Waals surface area (Å²) in [6.45, 7) is 3.97. The van der Waals surface area contributed by atoms with Gasteiger partial charge in [-0.2, -0.15) is 9.78 Å². The SMILES string of the molecule is Cc1ccc2nc(-n3nc(C)c4c3NC(=O)C[C@H]4c3ccc(F)c(Br)c3)sc2c1. The van der Waals surface area contributed by atoms with Gasteiger partial charge in [0.2, 0.25) is 11.0 Å². The number of amides is 1. The number of thiazole rings is 1. The molecular formula is C21H16BrFN4OS. The largest absolute Gasteiger partial charge is 0.310 e. The van der Waals surface area contributed by atoms with Crippen LogP contribution < -0.4 is 5.32 Å². The molecule has 1 aliphatic rings. The van der Waals surface area contributed by atoms with E-state index in [-0.39, 0.29) is 24.1 Å². The minimum absolute atomic E-state index is 0.0962. The summed E-state index contributed by atoms with van der Waals surface area (Å²) in [6.07, 6.45) is 0.288. The van der Waals surface area contributed by atoms with Gasteiger partial charge in [-0.25, -0.2) is 9.37 Å². The minimum atomic E-state index is -0.327. The van der Waals surface area contributed by atoms with E-state index < -0.39 is 0 Å². The molecule has 2 aromatic heterocycles. The number of benzene rings is 2. The number of hydrogen-bond acceptors (Lipinski definition) is 4. The van der Waals surface area contributed by atoms with Gasteiger partial charge in [0, 0.05) is 17.9 Å². The second kappa shape index (κ2) is 6.74. The Morgan fingerprint density at radius 3 is 2.86 bits per heavy atom. The van der Waals surface area contributed by atoms with E-state index in [0.717, 1.165) is 27.0 Å². The van der Waals surface area contributed by atoms with E-state index in [4.69, 9.17) is 10.1 Å². The van der Waals surface area contributed by atoms with Crippen LogP contribution in [0.3, 0.4) is 0 Å². The monoisotopic (exact) mass is 470 g/mol. The van der Waals surface area contributed by atoms with Crippen molar-refractivity contribution in [2.24, 2.45) is 0 Å². The lowest BCUT2D eigenvalue weighted by molar-refractivity contribution is -0.116. The zero-order valence-corrected chi connectivity index (χ0v) is 18.1. The number of carbonyl (C=O) groups is 1. The van der Waals surface area contributed by atoms with Gasteiger partial charge in [0.1, 0.15) is 11.6 Å². The van der Waals surface area contributed by atoms with Gasteiger partial charge in [0.15, 0.2) is 0 Å². The number of fused-ring (bicyclic) bond motifs is 2. The van der Waals surface area contributed by atoms with Gasteiger partial charge < -0.3 is 5.32 Å². The number of rotatable bonds is 2. The van der Waals surface area contributed by atoms with Crippen molar-refractivity contribution in [3.05, 3.63) is 69.1 Å². The molecular weight excluding hydrogens is 455 g/mol. The maximum Gasteiger partial charge on any atom is 0.226 e. The Kier molecular flexibility index (Phi) is 4.29. The van der Waals surface area contributed by atoms with E-state index in [1.165, 1.54) is 23.0 Å². The third-order valence-corrected chi connectivity index (χ3v) is 6.76. The van der Waals surface area contributed by atoms with Gasteiger partial charge >= 0.3 is 0 Å². The predicted molar refractivity (Wildman–Crippen MR) is 115 cm³/mol. The van der Waals surface area contributed by atoms with Crippen molar-refractivity contribution < 1.29 is 9.18 Å². The first kappa shape index (κ1) is 18.4. The second-order valence-corrected chi connectivity index (χ2v) is 9.07. The molecule has 0 saturated heterocycles. The van der Waals surface area contributed by atoms with Gasteiger partial charge in [-0.15, -0.1) is 0 Å². The molecule has 29 heavy (non-hydrogen) atoms. The first-order valence-electron chi connectivity index (χ1n) is 9.12. The maximum atomic E-state index is 13.7. The van der Waals surface area contributed by atoms with Crippen molar-refractivity contribution in [1.29, 1.82) is 0 Å². The van der Waals surface area contributed by atoms with Crippen LogP contribution in [-0.2, 0) is 4.79 Å². The van der Waals surface area contributed by atoms with E-state index in [1.807, 2.05) is 26.0 Å². The normalized spacial score (nSPS) is 16.1.